The van der Waals surface area contributed by atoms with Gasteiger partial charge in [-0.15, -0.1) is 0 Å². The van der Waals surface area contributed by atoms with Crippen LogP contribution < -0.4 is 9.64 Å². The Balaban J connectivity index is 1.65. The molecule has 0 aromatic heterocycles. The van der Waals surface area contributed by atoms with E-state index in [4.69, 9.17) is 27.6 Å². The van der Waals surface area contributed by atoms with Gasteiger partial charge in [-0.3, -0.25) is 15.2 Å². The van der Waals surface area contributed by atoms with E-state index in [1.165, 1.54) is 16.5 Å². The first-order valence-corrected chi connectivity index (χ1v) is 12.4. The summed E-state index contributed by atoms with van der Waals surface area (Å²) in [7, 11) is 2.08. The van der Waals surface area contributed by atoms with Gasteiger partial charge in [-0.05, 0) is 89.3 Å². The number of nitrogens with one attached hydrogen (secondary N) is 1. The lowest BCUT2D eigenvalue weighted by atomic mass is 10.0. The fraction of sp³-hybridized carbons (Fsp3) is 0.444. The average Bonchev–Trinajstić information content (AvgIpc) is 3.00. The number of nitrogens with zero attached hydrogens (tertiary/aromatic N) is 4. The summed E-state index contributed by atoms with van der Waals surface area (Å²) < 4.78 is 46.4. The quantitative estimate of drug-likeness (QED) is 0.314. The number of thiocarbonyl (C=S) groups is 1. The maximum absolute atomic E-state index is 13.5. The summed E-state index contributed by atoms with van der Waals surface area (Å²) in [6.45, 7) is 9.65. The van der Waals surface area contributed by atoms with Crippen molar-refractivity contribution in [2.45, 2.75) is 58.4 Å². The number of anilines is 1. The Hall–Kier alpha value is -3.16. The molecule has 0 aliphatic carbocycles. The van der Waals surface area contributed by atoms with Crippen molar-refractivity contribution in [3.05, 3.63) is 59.2 Å². The minimum Gasteiger partial charge on any atom is -0.494 e. The topological polar surface area (TPSA) is 66.6 Å². The van der Waals surface area contributed by atoms with Crippen LogP contribution in [-0.4, -0.2) is 52.5 Å². The average molecular weight is 532 g/mol. The maximum Gasteiger partial charge on any atom is 0.417 e. The van der Waals surface area contributed by atoms with Crippen molar-refractivity contribution in [3.63, 3.8) is 0 Å². The van der Waals surface area contributed by atoms with Crippen molar-refractivity contribution in [3.8, 4) is 11.8 Å². The van der Waals surface area contributed by atoms with Crippen LogP contribution >= 0.6 is 12.2 Å². The van der Waals surface area contributed by atoms with Gasteiger partial charge >= 0.3 is 6.18 Å². The van der Waals surface area contributed by atoms with Gasteiger partial charge in [0.05, 0.1) is 35.0 Å². The summed E-state index contributed by atoms with van der Waals surface area (Å²) in [5, 5.41) is 18.0. The normalized spacial score (nSPS) is 15.6. The molecular formula is C27H32F3N5OS. The number of benzene rings is 2. The van der Waals surface area contributed by atoms with E-state index in [1.54, 1.807) is 6.07 Å². The van der Waals surface area contributed by atoms with Crippen LogP contribution in [0.2, 0.25) is 0 Å². The first-order chi connectivity index (χ1) is 17.3. The number of rotatable bonds is 9. The molecule has 0 bridgehead atoms. The number of hydrogen-bond donors (Lipinski definition) is 1. The van der Waals surface area contributed by atoms with Crippen LogP contribution in [0, 0.1) is 16.7 Å². The summed E-state index contributed by atoms with van der Waals surface area (Å²) in [6, 6.07) is 13.4. The van der Waals surface area contributed by atoms with E-state index in [-0.39, 0.29) is 16.6 Å². The SMILES string of the molecule is CC(C)N(C)Cc1ccc(OCCCN2C(=S)N(c3ccc(C#N)c(C(F)(F)F)c3)C(=N)C2(C)C)cc1. The summed E-state index contributed by atoms with van der Waals surface area (Å²) >= 11 is 5.60. The lowest BCUT2D eigenvalue weighted by Crippen LogP contribution is -2.44. The van der Waals surface area contributed by atoms with E-state index in [0.29, 0.717) is 25.6 Å². The number of ether oxygens (including phenoxy) is 1. The molecule has 1 N–H and O–H groups in total. The van der Waals surface area contributed by atoms with Crippen molar-refractivity contribution in [2.75, 3.05) is 25.1 Å². The number of amidine groups is 1. The molecule has 0 amide bonds. The minimum absolute atomic E-state index is 0.0678. The fourth-order valence-electron chi connectivity index (χ4n) is 4.05. The molecule has 1 saturated heterocycles. The van der Waals surface area contributed by atoms with Gasteiger partial charge in [0.2, 0.25) is 0 Å². The Morgan fingerprint density at radius 2 is 1.81 bits per heavy atom. The molecule has 1 aliphatic rings. The molecule has 2 aromatic carbocycles. The van der Waals surface area contributed by atoms with E-state index in [0.717, 1.165) is 24.4 Å². The summed E-state index contributed by atoms with van der Waals surface area (Å²) in [4.78, 5) is 5.41. The Morgan fingerprint density at radius 3 is 2.38 bits per heavy atom. The first-order valence-electron chi connectivity index (χ1n) is 12.0. The molecule has 6 nitrogen and oxygen atoms in total. The molecule has 0 unspecified atom stereocenters. The molecule has 1 aliphatic heterocycles. The highest BCUT2D eigenvalue weighted by Gasteiger charge is 2.46. The van der Waals surface area contributed by atoms with E-state index < -0.39 is 22.8 Å². The van der Waals surface area contributed by atoms with Gasteiger partial charge in [-0.2, -0.15) is 18.4 Å². The van der Waals surface area contributed by atoms with Crippen molar-refractivity contribution in [2.24, 2.45) is 0 Å². The first kappa shape index (κ1) is 28.4. The largest absolute Gasteiger partial charge is 0.494 e. The van der Waals surface area contributed by atoms with E-state index in [2.05, 4.69) is 25.8 Å². The van der Waals surface area contributed by atoms with Crippen LogP contribution in [0.25, 0.3) is 0 Å². The fourth-order valence-corrected chi connectivity index (χ4v) is 4.57. The molecule has 3 rings (SSSR count). The molecule has 10 heteroatoms. The third-order valence-electron chi connectivity index (χ3n) is 6.62. The Kier molecular flexibility index (Phi) is 8.50. The van der Waals surface area contributed by atoms with Crippen LogP contribution in [0.15, 0.2) is 42.5 Å². The predicted octanol–water partition coefficient (Wildman–Crippen LogP) is 6.05. The monoisotopic (exact) mass is 531 g/mol. The number of alkyl halides is 3. The van der Waals surface area contributed by atoms with Crippen LogP contribution in [-0.2, 0) is 12.7 Å². The molecule has 1 heterocycles. The van der Waals surface area contributed by atoms with Crippen molar-refractivity contribution in [1.82, 2.24) is 9.80 Å². The summed E-state index contributed by atoms with van der Waals surface area (Å²) in [5.74, 6) is 0.823. The highest BCUT2D eigenvalue weighted by atomic mass is 32.1. The lowest BCUT2D eigenvalue weighted by molar-refractivity contribution is -0.137. The zero-order valence-corrected chi connectivity index (χ0v) is 22.5. The van der Waals surface area contributed by atoms with E-state index >= 15 is 0 Å². The smallest absolute Gasteiger partial charge is 0.417 e. The van der Waals surface area contributed by atoms with Gasteiger partial charge in [0.25, 0.3) is 0 Å². The van der Waals surface area contributed by atoms with Gasteiger partial charge in [0.15, 0.2) is 5.11 Å². The Labute approximate surface area is 221 Å². The zero-order valence-electron chi connectivity index (χ0n) is 21.7. The van der Waals surface area contributed by atoms with Crippen molar-refractivity contribution in [1.29, 1.82) is 10.7 Å². The van der Waals surface area contributed by atoms with Crippen molar-refractivity contribution < 1.29 is 17.9 Å². The molecular weight excluding hydrogens is 499 g/mol. The summed E-state index contributed by atoms with van der Waals surface area (Å²) in [6.07, 6.45) is -4.09. The molecule has 0 spiro atoms. The second kappa shape index (κ2) is 11.1. The number of nitriles is 1. The Bertz CT molecular complexity index is 1190. The molecule has 0 atom stereocenters. The third kappa shape index (κ3) is 6.22. The van der Waals surface area contributed by atoms with Crippen LogP contribution in [0.1, 0.15) is 50.8 Å². The van der Waals surface area contributed by atoms with E-state index in [9.17, 15) is 13.2 Å². The van der Waals surface area contributed by atoms with Gasteiger partial charge in [-0.1, -0.05) is 12.1 Å². The van der Waals surface area contributed by atoms with Gasteiger partial charge < -0.3 is 9.64 Å². The summed E-state index contributed by atoms with van der Waals surface area (Å²) in [5.41, 5.74) is -1.04. The standard InChI is InChI=1S/C27H32F3N5OS/c1-18(2)33(5)17-19-7-11-22(12-8-19)36-14-6-13-34-25(37)35(24(32)26(34,3)4)21-10-9-20(16-31)23(15-21)27(28,29)30/h7-12,15,18,32H,6,13-14,17H2,1-5H3. The molecule has 1 fully saturated rings. The number of halogens is 3. The molecule has 37 heavy (non-hydrogen) atoms. The van der Waals surface area contributed by atoms with Crippen molar-refractivity contribution >= 4 is 28.9 Å². The van der Waals surface area contributed by atoms with Gasteiger partial charge in [0.1, 0.15) is 11.6 Å². The van der Waals surface area contributed by atoms with Gasteiger partial charge in [-0.25, -0.2) is 0 Å². The lowest BCUT2D eigenvalue weighted by Gasteiger charge is -2.30. The highest BCUT2D eigenvalue weighted by molar-refractivity contribution is 7.80. The van der Waals surface area contributed by atoms with Crippen LogP contribution in [0.3, 0.4) is 0 Å². The predicted molar refractivity (Wildman–Crippen MR) is 143 cm³/mol. The van der Waals surface area contributed by atoms with Crippen LogP contribution in [0.5, 0.6) is 5.75 Å². The zero-order chi connectivity index (χ0) is 27.5. The maximum atomic E-state index is 13.5. The van der Waals surface area contributed by atoms with Gasteiger partial charge in [0, 0.05) is 19.1 Å². The molecule has 2 aromatic rings. The van der Waals surface area contributed by atoms with Crippen LogP contribution in [0.4, 0.5) is 18.9 Å². The molecule has 0 radical (unpaired) electrons. The second-order valence-corrected chi connectivity index (χ2v) is 10.2. The third-order valence-corrected chi connectivity index (χ3v) is 7.02. The molecule has 0 saturated carbocycles. The Morgan fingerprint density at radius 1 is 1.16 bits per heavy atom. The molecule has 198 valence electrons. The highest BCUT2D eigenvalue weighted by Crippen LogP contribution is 2.38. The minimum atomic E-state index is -4.69. The van der Waals surface area contributed by atoms with E-state index in [1.807, 2.05) is 43.0 Å². The second-order valence-electron chi connectivity index (χ2n) is 9.87. The number of hydrogen-bond acceptors (Lipinski definition) is 5.